The monoisotopic (exact) mass is 261 g/mol. The lowest BCUT2D eigenvalue weighted by molar-refractivity contribution is 0.802. The van der Waals surface area contributed by atoms with Crippen molar-refractivity contribution in [3.8, 4) is 0 Å². The van der Waals surface area contributed by atoms with E-state index in [1.165, 1.54) is 4.88 Å². The number of nitrogens with one attached hydrogen (secondary N) is 1. The molecule has 0 atom stereocenters. The van der Waals surface area contributed by atoms with Gasteiger partial charge in [0.2, 0.25) is 0 Å². The third-order valence-corrected chi connectivity index (χ3v) is 3.46. The Balaban J connectivity index is 2.30. The predicted octanol–water partition coefficient (Wildman–Crippen LogP) is 1.85. The van der Waals surface area contributed by atoms with E-state index >= 15 is 0 Å². The van der Waals surface area contributed by atoms with Crippen LogP contribution in [0.4, 0.5) is 5.82 Å². The number of amidine groups is 1. The summed E-state index contributed by atoms with van der Waals surface area (Å²) in [5.41, 5.74) is 6.20. The van der Waals surface area contributed by atoms with Gasteiger partial charge in [-0.15, -0.1) is 16.4 Å². The predicted molar refractivity (Wildman–Crippen MR) is 74.1 cm³/mol. The molecule has 0 unspecified atom stereocenters. The average Bonchev–Trinajstić information content (AvgIpc) is 2.88. The standard InChI is InChI=1S/C12H15N5S/c1-2-17(8-9-4-3-7-18-9)12-10(11(13)14)5-6-15-16-12/h3-7H,2,8H2,1H3,(H3,13,14). The Morgan fingerprint density at radius 1 is 1.50 bits per heavy atom. The summed E-state index contributed by atoms with van der Waals surface area (Å²) in [6.07, 6.45) is 1.55. The molecular weight excluding hydrogens is 246 g/mol. The van der Waals surface area contributed by atoms with E-state index in [9.17, 15) is 0 Å². The molecule has 0 bridgehead atoms. The molecule has 0 radical (unpaired) electrons. The van der Waals surface area contributed by atoms with Crippen LogP contribution < -0.4 is 10.6 Å². The van der Waals surface area contributed by atoms with Crippen LogP contribution in [-0.4, -0.2) is 22.6 Å². The number of hydrogen-bond donors (Lipinski definition) is 2. The Morgan fingerprint density at radius 2 is 2.33 bits per heavy atom. The van der Waals surface area contributed by atoms with Gasteiger partial charge in [-0.3, -0.25) is 5.41 Å². The first-order valence-corrected chi connectivity index (χ1v) is 6.53. The van der Waals surface area contributed by atoms with Crippen LogP contribution >= 0.6 is 11.3 Å². The van der Waals surface area contributed by atoms with Crippen molar-refractivity contribution in [3.63, 3.8) is 0 Å². The number of rotatable bonds is 5. The van der Waals surface area contributed by atoms with E-state index in [-0.39, 0.29) is 5.84 Å². The molecule has 0 aliphatic carbocycles. The SMILES string of the molecule is CCN(Cc1cccs1)c1nnccc1C(=N)N. The highest BCUT2D eigenvalue weighted by Crippen LogP contribution is 2.20. The van der Waals surface area contributed by atoms with Gasteiger partial charge in [0.05, 0.1) is 18.3 Å². The van der Waals surface area contributed by atoms with Gasteiger partial charge in [0.25, 0.3) is 0 Å². The maximum absolute atomic E-state index is 7.58. The molecule has 0 aromatic carbocycles. The molecule has 2 aromatic heterocycles. The zero-order chi connectivity index (χ0) is 13.0. The summed E-state index contributed by atoms with van der Waals surface area (Å²) in [6, 6.07) is 5.83. The van der Waals surface area contributed by atoms with Gasteiger partial charge in [0.1, 0.15) is 5.84 Å². The van der Waals surface area contributed by atoms with Gasteiger partial charge in [0.15, 0.2) is 5.82 Å². The molecular formula is C12H15N5S. The number of nitrogens with zero attached hydrogens (tertiary/aromatic N) is 3. The Labute approximate surface area is 110 Å². The van der Waals surface area contributed by atoms with Crippen molar-refractivity contribution < 1.29 is 0 Å². The molecule has 6 heteroatoms. The molecule has 2 aromatic rings. The zero-order valence-electron chi connectivity index (χ0n) is 10.1. The van der Waals surface area contributed by atoms with Crippen molar-refractivity contribution in [3.05, 3.63) is 40.2 Å². The minimum atomic E-state index is 0.0181. The molecule has 3 N–H and O–H groups in total. The Morgan fingerprint density at radius 3 is 2.94 bits per heavy atom. The van der Waals surface area contributed by atoms with E-state index in [4.69, 9.17) is 11.1 Å². The highest BCUT2D eigenvalue weighted by atomic mass is 32.1. The van der Waals surface area contributed by atoms with Crippen molar-refractivity contribution >= 4 is 23.0 Å². The number of aromatic nitrogens is 2. The van der Waals surface area contributed by atoms with Crippen molar-refractivity contribution in [1.29, 1.82) is 5.41 Å². The first kappa shape index (κ1) is 12.5. The number of anilines is 1. The summed E-state index contributed by atoms with van der Waals surface area (Å²) < 4.78 is 0. The lowest BCUT2D eigenvalue weighted by atomic mass is 10.2. The molecule has 0 aliphatic heterocycles. The van der Waals surface area contributed by atoms with Crippen LogP contribution in [0, 0.1) is 5.41 Å². The lowest BCUT2D eigenvalue weighted by Gasteiger charge is -2.22. The summed E-state index contributed by atoms with van der Waals surface area (Å²) in [5.74, 6) is 0.686. The summed E-state index contributed by atoms with van der Waals surface area (Å²) >= 11 is 1.70. The van der Waals surface area contributed by atoms with Gasteiger partial charge >= 0.3 is 0 Å². The summed E-state index contributed by atoms with van der Waals surface area (Å²) in [4.78, 5) is 3.31. The summed E-state index contributed by atoms with van der Waals surface area (Å²) in [7, 11) is 0. The number of nitrogen functional groups attached to an aromatic ring is 1. The smallest absolute Gasteiger partial charge is 0.162 e. The van der Waals surface area contributed by atoms with E-state index in [0.29, 0.717) is 11.4 Å². The second-order valence-corrected chi connectivity index (χ2v) is 4.81. The van der Waals surface area contributed by atoms with Crippen molar-refractivity contribution in [1.82, 2.24) is 10.2 Å². The molecule has 2 rings (SSSR count). The largest absolute Gasteiger partial charge is 0.384 e. The number of thiophene rings is 1. The minimum Gasteiger partial charge on any atom is -0.384 e. The summed E-state index contributed by atoms with van der Waals surface area (Å²) in [6.45, 7) is 3.59. The molecule has 0 fully saturated rings. The van der Waals surface area contributed by atoms with Gasteiger partial charge in [-0.05, 0) is 24.4 Å². The van der Waals surface area contributed by atoms with Crippen LogP contribution in [0.3, 0.4) is 0 Å². The summed E-state index contributed by atoms with van der Waals surface area (Å²) in [5, 5.41) is 17.6. The molecule has 2 heterocycles. The normalized spacial score (nSPS) is 10.3. The maximum Gasteiger partial charge on any atom is 0.162 e. The first-order valence-electron chi connectivity index (χ1n) is 5.65. The fraction of sp³-hybridized carbons (Fsp3) is 0.250. The van der Waals surface area contributed by atoms with E-state index in [2.05, 4.69) is 21.2 Å². The highest BCUT2D eigenvalue weighted by Gasteiger charge is 2.14. The average molecular weight is 261 g/mol. The van der Waals surface area contributed by atoms with Gasteiger partial charge in [-0.25, -0.2) is 0 Å². The quantitative estimate of drug-likeness (QED) is 0.636. The van der Waals surface area contributed by atoms with Gasteiger partial charge < -0.3 is 10.6 Å². The number of hydrogen-bond acceptors (Lipinski definition) is 5. The van der Waals surface area contributed by atoms with Crippen molar-refractivity contribution in [2.75, 3.05) is 11.4 Å². The third kappa shape index (κ3) is 2.65. The van der Waals surface area contributed by atoms with Crippen LogP contribution in [0.5, 0.6) is 0 Å². The molecule has 5 nitrogen and oxygen atoms in total. The molecule has 0 saturated carbocycles. The maximum atomic E-state index is 7.58. The van der Waals surface area contributed by atoms with Gasteiger partial charge in [-0.1, -0.05) is 6.07 Å². The molecule has 0 saturated heterocycles. The fourth-order valence-electron chi connectivity index (χ4n) is 1.70. The van der Waals surface area contributed by atoms with Crippen LogP contribution in [-0.2, 0) is 6.54 Å². The Hall–Kier alpha value is -1.95. The second kappa shape index (κ2) is 5.59. The third-order valence-electron chi connectivity index (χ3n) is 2.60. The molecule has 0 amide bonds. The molecule has 18 heavy (non-hydrogen) atoms. The van der Waals surface area contributed by atoms with Gasteiger partial charge in [-0.2, -0.15) is 5.10 Å². The van der Waals surface area contributed by atoms with Crippen molar-refractivity contribution in [2.45, 2.75) is 13.5 Å². The van der Waals surface area contributed by atoms with E-state index < -0.39 is 0 Å². The van der Waals surface area contributed by atoms with Crippen LogP contribution in [0.2, 0.25) is 0 Å². The van der Waals surface area contributed by atoms with Crippen LogP contribution in [0.15, 0.2) is 29.8 Å². The van der Waals surface area contributed by atoms with Crippen LogP contribution in [0.1, 0.15) is 17.4 Å². The highest BCUT2D eigenvalue weighted by molar-refractivity contribution is 7.09. The van der Waals surface area contributed by atoms with E-state index in [0.717, 1.165) is 13.1 Å². The Kier molecular flexibility index (Phi) is 3.88. The van der Waals surface area contributed by atoms with E-state index in [1.807, 2.05) is 18.4 Å². The van der Waals surface area contributed by atoms with E-state index in [1.54, 1.807) is 23.6 Å². The zero-order valence-corrected chi connectivity index (χ0v) is 10.9. The van der Waals surface area contributed by atoms with Crippen molar-refractivity contribution in [2.24, 2.45) is 5.73 Å². The van der Waals surface area contributed by atoms with Gasteiger partial charge in [0, 0.05) is 11.4 Å². The first-order chi connectivity index (χ1) is 8.72. The fourth-order valence-corrected chi connectivity index (χ4v) is 2.41. The number of nitrogens with two attached hydrogens (primary N) is 1. The molecule has 0 spiro atoms. The molecule has 0 aliphatic rings. The molecule has 94 valence electrons. The Bertz CT molecular complexity index is 523. The lowest BCUT2D eigenvalue weighted by Crippen LogP contribution is -2.27. The topological polar surface area (TPSA) is 78.9 Å². The minimum absolute atomic E-state index is 0.0181. The second-order valence-electron chi connectivity index (χ2n) is 3.78. The van der Waals surface area contributed by atoms with Crippen LogP contribution in [0.25, 0.3) is 0 Å².